The number of benzene rings is 2. The number of likely N-dealkylation sites (tertiary alicyclic amines) is 1. The van der Waals surface area contributed by atoms with Gasteiger partial charge in [-0.2, -0.15) is 4.98 Å². The van der Waals surface area contributed by atoms with Gasteiger partial charge in [0.25, 0.3) is 5.56 Å². The Morgan fingerprint density at radius 2 is 1.93 bits per heavy atom. The number of aromatic amines is 1. The van der Waals surface area contributed by atoms with Crippen molar-refractivity contribution in [2.24, 2.45) is 5.73 Å². The summed E-state index contributed by atoms with van der Waals surface area (Å²) < 4.78 is 27.8. The van der Waals surface area contributed by atoms with Crippen LogP contribution < -0.4 is 32.6 Å². The Morgan fingerprint density at radius 3 is 2.62 bits per heavy atom. The predicted molar refractivity (Wildman–Crippen MR) is 149 cm³/mol. The van der Waals surface area contributed by atoms with Gasteiger partial charge in [-0.25, -0.2) is 13.6 Å². The van der Waals surface area contributed by atoms with Crippen molar-refractivity contribution in [2.45, 2.75) is 32.5 Å². The molecule has 212 valence electrons. The van der Waals surface area contributed by atoms with Crippen LogP contribution in [-0.2, 0) is 13.1 Å². The molecular weight excluding hydrogens is 520 g/mol. The number of hydrogen-bond donors (Lipinski definition) is 7. The highest BCUT2D eigenvalue weighted by molar-refractivity contribution is 5.87. The number of guanidine groups is 1. The lowest BCUT2D eigenvalue weighted by Crippen LogP contribution is -2.59. The smallest absolute Gasteiger partial charge is 0.321 e. The molecule has 2 aromatic carbocycles. The molecule has 11 nitrogen and oxygen atoms in total. The molecule has 0 bridgehead atoms. The van der Waals surface area contributed by atoms with Crippen molar-refractivity contribution >= 4 is 17.9 Å². The van der Waals surface area contributed by atoms with E-state index in [2.05, 4.69) is 31.2 Å². The number of nitrogens with one attached hydrogen (secondary N) is 6. The number of anilines is 1. The molecule has 0 atom stereocenters. The molecule has 2 amide bonds. The minimum Gasteiger partial charge on any atom is -0.370 e. The zero-order chi connectivity index (χ0) is 28.6. The summed E-state index contributed by atoms with van der Waals surface area (Å²) in [5.41, 5.74) is 7.40. The van der Waals surface area contributed by atoms with Crippen LogP contribution in [0.2, 0.25) is 0 Å². The van der Waals surface area contributed by atoms with E-state index in [0.717, 1.165) is 18.5 Å². The monoisotopic (exact) mass is 553 g/mol. The quantitative estimate of drug-likeness (QED) is 0.108. The Morgan fingerprint density at radius 1 is 1.18 bits per heavy atom. The molecule has 1 fully saturated rings. The van der Waals surface area contributed by atoms with Crippen LogP contribution in [0.1, 0.15) is 23.1 Å². The molecule has 3 aromatic rings. The summed E-state index contributed by atoms with van der Waals surface area (Å²) in [6, 6.07) is 9.19. The van der Waals surface area contributed by atoms with Crippen molar-refractivity contribution in [3.8, 4) is 11.1 Å². The summed E-state index contributed by atoms with van der Waals surface area (Å²) in [5.74, 6) is -0.927. The van der Waals surface area contributed by atoms with Gasteiger partial charge in [-0.15, -0.1) is 0 Å². The second kappa shape index (κ2) is 13.1. The molecule has 40 heavy (non-hydrogen) atoms. The maximum atomic E-state index is 14.1. The standard InChI is InChI=1S/C27H33F2N9O2/c1-16-9-23(29)19(10-22(16)28)13-38-14-20(15-38)35-27(40)37-26-34-12-21(24(39)36-26)18-5-3-17(4-6-18)11-32-7-2-8-33-25(30)31/h3-6,9-10,12,20,32H,2,7-8,11,13-15H2,1H3,(H4,30,31,33)(H3,34,35,36,37,39,40). The number of rotatable bonds is 11. The molecule has 1 saturated heterocycles. The second-order valence-electron chi connectivity index (χ2n) is 9.72. The third kappa shape index (κ3) is 7.83. The van der Waals surface area contributed by atoms with Gasteiger partial charge >= 0.3 is 6.03 Å². The Labute approximate surface area is 230 Å². The summed E-state index contributed by atoms with van der Waals surface area (Å²) in [5, 5.41) is 18.5. The highest BCUT2D eigenvalue weighted by Gasteiger charge is 2.29. The van der Waals surface area contributed by atoms with Crippen LogP contribution in [0.3, 0.4) is 0 Å². The van der Waals surface area contributed by atoms with Crippen LogP contribution in [0.25, 0.3) is 11.1 Å². The SMILES string of the molecule is Cc1cc(F)c(CN2CC(NC(=O)Nc3nc(=O)c(-c4ccc(CNCCCNC(=N)N)cc4)c[nH]3)C2)cc1F. The molecule has 1 aliphatic rings. The molecule has 0 spiro atoms. The minimum atomic E-state index is -0.526. The first kappa shape index (κ1) is 28.6. The number of urea groups is 1. The summed E-state index contributed by atoms with van der Waals surface area (Å²) >= 11 is 0. The topological polar surface area (TPSA) is 164 Å². The van der Waals surface area contributed by atoms with Gasteiger partial charge in [0.15, 0.2) is 5.96 Å². The number of nitrogens with two attached hydrogens (primary N) is 1. The van der Waals surface area contributed by atoms with Crippen molar-refractivity contribution in [1.29, 1.82) is 5.41 Å². The van der Waals surface area contributed by atoms with Crippen molar-refractivity contribution in [3.63, 3.8) is 0 Å². The van der Waals surface area contributed by atoms with Crippen LogP contribution in [-0.4, -0.2) is 59.1 Å². The third-order valence-electron chi connectivity index (χ3n) is 6.48. The van der Waals surface area contributed by atoms with Gasteiger partial charge in [-0.05, 0) is 48.7 Å². The van der Waals surface area contributed by atoms with Crippen LogP contribution in [0.15, 0.2) is 47.4 Å². The minimum absolute atomic E-state index is 0.0136. The molecule has 4 rings (SSSR count). The first-order valence-corrected chi connectivity index (χ1v) is 12.9. The van der Waals surface area contributed by atoms with E-state index in [0.29, 0.717) is 37.3 Å². The average molecular weight is 554 g/mol. The van der Waals surface area contributed by atoms with Gasteiger partial charge in [0.1, 0.15) is 11.6 Å². The van der Waals surface area contributed by atoms with Crippen molar-refractivity contribution in [3.05, 3.63) is 81.3 Å². The number of hydrogen-bond acceptors (Lipinski definition) is 6. The number of H-pyrrole nitrogens is 1. The van der Waals surface area contributed by atoms with Gasteiger partial charge in [-0.3, -0.25) is 20.4 Å². The van der Waals surface area contributed by atoms with E-state index in [4.69, 9.17) is 11.1 Å². The molecule has 8 N–H and O–H groups in total. The zero-order valence-electron chi connectivity index (χ0n) is 22.1. The first-order chi connectivity index (χ1) is 19.2. The van der Waals surface area contributed by atoms with Crippen LogP contribution in [0.5, 0.6) is 0 Å². The maximum Gasteiger partial charge on any atom is 0.321 e. The fourth-order valence-electron chi connectivity index (χ4n) is 4.31. The number of halogens is 2. The van der Waals surface area contributed by atoms with E-state index in [1.807, 2.05) is 29.2 Å². The van der Waals surface area contributed by atoms with Crippen molar-refractivity contribution < 1.29 is 13.6 Å². The third-order valence-corrected chi connectivity index (χ3v) is 6.48. The van der Waals surface area contributed by atoms with Gasteiger partial charge < -0.3 is 26.7 Å². The highest BCUT2D eigenvalue weighted by Crippen LogP contribution is 2.19. The molecule has 0 unspecified atom stereocenters. The number of carbonyl (C=O) groups excluding carboxylic acids is 1. The lowest BCUT2D eigenvalue weighted by Gasteiger charge is -2.39. The van der Waals surface area contributed by atoms with Gasteiger partial charge in [0, 0.05) is 44.5 Å². The lowest BCUT2D eigenvalue weighted by atomic mass is 10.1. The van der Waals surface area contributed by atoms with E-state index in [-0.39, 0.29) is 35.6 Å². The van der Waals surface area contributed by atoms with E-state index in [1.54, 1.807) is 0 Å². The Kier molecular flexibility index (Phi) is 9.40. The van der Waals surface area contributed by atoms with Crippen molar-refractivity contribution in [1.82, 2.24) is 30.8 Å². The second-order valence-corrected chi connectivity index (χ2v) is 9.72. The summed E-state index contributed by atoms with van der Waals surface area (Å²) in [6.45, 7) is 4.77. The molecule has 0 aliphatic carbocycles. The first-order valence-electron chi connectivity index (χ1n) is 12.9. The Balaban J connectivity index is 1.21. The molecule has 2 heterocycles. The van der Waals surface area contributed by atoms with Crippen LogP contribution in [0.4, 0.5) is 19.5 Å². The molecule has 1 aliphatic heterocycles. The molecule has 0 radical (unpaired) electrons. The largest absolute Gasteiger partial charge is 0.370 e. The number of aryl methyl sites for hydroxylation is 1. The molecule has 0 saturated carbocycles. The normalized spacial score (nSPS) is 13.5. The Hall–Kier alpha value is -4.36. The summed E-state index contributed by atoms with van der Waals surface area (Å²) in [6.07, 6.45) is 2.33. The van der Waals surface area contributed by atoms with Crippen LogP contribution in [0, 0.1) is 24.0 Å². The number of aromatic nitrogens is 2. The number of carbonyl (C=O) groups is 1. The predicted octanol–water partition coefficient (Wildman–Crippen LogP) is 1.99. The van der Waals surface area contributed by atoms with E-state index in [9.17, 15) is 18.4 Å². The molecule has 1 aromatic heterocycles. The number of amides is 2. The fraction of sp³-hybridized carbons (Fsp3) is 0.333. The lowest BCUT2D eigenvalue weighted by molar-refractivity contribution is 0.122. The average Bonchev–Trinajstić information content (AvgIpc) is 2.88. The molecular formula is C27H33F2N9O2. The van der Waals surface area contributed by atoms with Crippen molar-refractivity contribution in [2.75, 3.05) is 31.5 Å². The molecule has 13 heteroatoms. The fourth-order valence-corrected chi connectivity index (χ4v) is 4.31. The Bertz CT molecular complexity index is 1410. The van der Waals surface area contributed by atoms with E-state index >= 15 is 0 Å². The summed E-state index contributed by atoms with van der Waals surface area (Å²) in [4.78, 5) is 33.6. The zero-order valence-corrected chi connectivity index (χ0v) is 22.1. The van der Waals surface area contributed by atoms with E-state index in [1.165, 1.54) is 25.3 Å². The van der Waals surface area contributed by atoms with E-state index < -0.39 is 23.2 Å². The van der Waals surface area contributed by atoms with Gasteiger partial charge in [0.05, 0.1) is 11.6 Å². The maximum absolute atomic E-state index is 14.1. The van der Waals surface area contributed by atoms with Gasteiger partial charge in [-0.1, -0.05) is 24.3 Å². The number of nitrogens with zero attached hydrogens (tertiary/aromatic N) is 2. The van der Waals surface area contributed by atoms with Gasteiger partial charge in [0.2, 0.25) is 5.95 Å². The highest BCUT2D eigenvalue weighted by atomic mass is 19.1. The summed E-state index contributed by atoms with van der Waals surface area (Å²) in [7, 11) is 0. The van der Waals surface area contributed by atoms with Crippen LogP contribution >= 0.6 is 0 Å².